The van der Waals surface area contributed by atoms with E-state index < -0.39 is 4.92 Å². The van der Waals surface area contributed by atoms with Crippen molar-refractivity contribution in [3.63, 3.8) is 0 Å². The molecule has 110 valence electrons. The van der Waals surface area contributed by atoms with E-state index in [2.05, 4.69) is 20.6 Å². The van der Waals surface area contributed by atoms with Gasteiger partial charge < -0.3 is 10.6 Å². The Morgan fingerprint density at radius 3 is 2.85 bits per heavy atom. The van der Waals surface area contributed by atoms with Gasteiger partial charge in [0.1, 0.15) is 5.69 Å². The van der Waals surface area contributed by atoms with Gasteiger partial charge in [0.25, 0.3) is 0 Å². The molecule has 1 aromatic heterocycles. The lowest BCUT2D eigenvalue weighted by molar-refractivity contribution is -0.385. The summed E-state index contributed by atoms with van der Waals surface area (Å²) in [5, 5.41) is 17.5. The van der Waals surface area contributed by atoms with Crippen LogP contribution < -0.4 is 10.6 Å². The highest BCUT2D eigenvalue weighted by Crippen LogP contribution is 2.28. The summed E-state index contributed by atoms with van der Waals surface area (Å²) in [6.45, 7) is 2.30. The zero-order valence-electron chi connectivity index (χ0n) is 11.4. The first-order chi connectivity index (χ1) is 9.61. The molecule has 1 aliphatic heterocycles. The summed E-state index contributed by atoms with van der Waals surface area (Å²) >= 11 is 3.82. The Hall–Kier alpha value is -1.22. The van der Waals surface area contributed by atoms with Gasteiger partial charge in [-0.3, -0.25) is 10.1 Å². The number of hydrogen-bond acceptors (Lipinski definition) is 8. The summed E-state index contributed by atoms with van der Waals surface area (Å²) in [4.78, 5) is 18.9. The second-order valence-electron chi connectivity index (χ2n) is 4.29. The van der Waals surface area contributed by atoms with Gasteiger partial charge in [0.2, 0.25) is 11.8 Å². The molecule has 0 aliphatic carbocycles. The van der Waals surface area contributed by atoms with Crippen molar-refractivity contribution in [2.75, 3.05) is 41.5 Å². The number of aryl methyl sites for hydroxylation is 1. The molecular weight excluding hydrogens is 298 g/mol. The van der Waals surface area contributed by atoms with Crippen LogP contribution in [0.3, 0.4) is 0 Å². The van der Waals surface area contributed by atoms with E-state index in [-0.39, 0.29) is 5.69 Å². The number of aromatic nitrogens is 2. The molecule has 1 saturated heterocycles. The van der Waals surface area contributed by atoms with Crippen molar-refractivity contribution in [1.29, 1.82) is 0 Å². The van der Waals surface area contributed by atoms with Crippen LogP contribution >= 0.6 is 23.5 Å². The minimum absolute atomic E-state index is 0.0440. The highest BCUT2D eigenvalue weighted by atomic mass is 32.2. The molecule has 0 spiro atoms. The first kappa shape index (κ1) is 15.2. The molecule has 2 heterocycles. The summed E-state index contributed by atoms with van der Waals surface area (Å²) in [6.07, 6.45) is 0. The fourth-order valence-electron chi connectivity index (χ4n) is 1.89. The lowest BCUT2D eigenvalue weighted by Gasteiger charge is -2.21. The molecular formula is C11H17N5O2S2. The van der Waals surface area contributed by atoms with Crippen LogP contribution in [0.1, 0.15) is 5.69 Å². The maximum atomic E-state index is 11.1. The Morgan fingerprint density at radius 1 is 1.45 bits per heavy atom. The topological polar surface area (TPSA) is 93.0 Å². The SMILES string of the molecule is CNc1nc(C)c([N+](=O)[O-])c(NCC2CSCCS2)n1. The van der Waals surface area contributed by atoms with Crippen LogP contribution in [0.25, 0.3) is 0 Å². The zero-order chi connectivity index (χ0) is 14.5. The number of nitrogens with one attached hydrogen (secondary N) is 2. The lowest BCUT2D eigenvalue weighted by Crippen LogP contribution is -2.24. The van der Waals surface area contributed by atoms with Gasteiger partial charge in [-0.15, -0.1) is 0 Å². The third-order valence-corrected chi connectivity index (χ3v) is 5.69. The zero-order valence-corrected chi connectivity index (χ0v) is 13.0. The van der Waals surface area contributed by atoms with E-state index in [9.17, 15) is 10.1 Å². The van der Waals surface area contributed by atoms with Crippen LogP contribution in [0.5, 0.6) is 0 Å². The molecule has 0 amide bonds. The molecule has 0 radical (unpaired) electrons. The van der Waals surface area contributed by atoms with Crippen LogP contribution in [0, 0.1) is 17.0 Å². The lowest BCUT2D eigenvalue weighted by atomic mass is 10.3. The monoisotopic (exact) mass is 315 g/mol. The van der Waals surface area contributed by atoms with Gasteiger partial charge in [0, 0.05) is 36.1 Å². The third-order valence-electron chi connectivity index (χ3n) is 2.85. The highest BCUT2D eigenvalue weighted by molar-refractivity contribution is 8.06. The van der Waals surface area contributed by atoms with E-state index in [1.165, 1.54) is 5.75 Å². The molecule has 1 aliphatic rings. The molecule has 0 aromatic carbocycles. The van der Waals surface area contributed by atoms with E-state index in [0.717, 1.165) is 11.5 Å². The van der Waals surface area contributed by atoms with Gasteiger partial charge >= 0.3 is 5.69 Å². The van der Waals surface area contributed by atoms with Crippen LogP contribution in [0.15, 0.2) is 0 Å². The largest absolute Gasteiger partial charge is 0.363 e. The average molecular weight is 315 g/mol. The van der Waals surface area contributed by atoms with Crippen LogP contribution in [-0.2, 0) is 0 Å². The maximum Gasteiger partial charge on any atom is 0.332 e. The maximum absolute atomic E-state index is 11.1. The van der Waals surface area contributed by atoms with E-state index in [1.54, 1.807) is 14.0 Å². The second kappa shape index (κ2) is 6.98. The molecule has 9 heteroatoms. The summed E-state index contributed by atoms with van der Waals surface area (Å²) in [7, 11) is 1.69. The number of rotatable bonds is 5. The van der Waals surface area contributed by atoms with E-state index in [4.69, 9.17) is 0 Å². The second-order valence-corrected chi connectivity index (χ2v) is 6.84. The van der Waals surface area contributed by atoms with Gasteiger partial charge in [-0.2, -0.15) is 28.5 Å². The molecule has 7 nitrogen and oxygen atoms in total. The highest BCUT2D eigenvalue weighted by Gasteiger charge is 2.23. The van der Waals surface area contributed by atoms with Gasteiger partial charge in [-0.25, -0.2) is 4.98 Å². The molecule has 1 atom stereocenters. The van der Waals surface area contributed by atoms with Gasteiger partial charge in [-0.05, 0) is 6.92 Å². The number of thioether (sulfide) groups is 2. The summed E-state index contributed by atoms with van der Waals surface area (Å²) in [6, 6.07) is 0. The molecule has 1 unspecified atom stereocenters. The summed E-state index contributed by atoms with van der Waals surface area (Å²) in [5.74, 6) is 4.06. The summed E-state index contributed by atoms with van der Waals surface area (Å²) in [5.41, 5.74) is 0.319. The Bertz CT molecular complexity index is 494. The fraction of sp³-hybridized carbons (Fsp3) is 0.636. The van der Waals surface area contributed by atoms with Gasteiger partial charge in [-0.1, -0.05) is 0 Å². The van der Waals surface area contributed by atoms with Crippen LogP contribution in [-0.4, -0.2) is 51.0 Å². The van der Waals surface area contributed by atoms with Crippen molar-refractivity contribution in [2.24, 2.45) is 0 Å². The molecule has 2 rings (SSSR count). The van der Waals surface area contributed by atoms with Gasteiger partial charge in [0.05, 0.1) is 4.92 Å². The quantitative estimate of drug-likeness (QED) is 0.629. The predicted octanol–water partition coefficient (Wildman–Crippen LogP) is 2.00. The molecule has 0 bridgehead atoms. The number of hydrogen-bond donors (Lipinski definition) is 2. The van der Waals surface area contributed by atoms with Crippen molar-refractivity contribution in [1.82, 2.24) is 9.97 Å². The van der Waals surface area contributed by atoms with Crippen LogP contribution in [0.2, 0.25) is 0 Å². The Morgan fingerprint density at radius 2 is 2.25 bits per heavy atom. The van der Waals surface area contributed by atoms with Gasteiger partial charge in [0.15, 0.2) is 0 Å². The van der Waals surface area contributed by atoms with E-state index in [1.807, 2.05) is 23.5 Å². The molecule has 20 heavy (non-hydrogen) atoms. The fourth-order valence-corrected chi connectivity index (χ4v) is 4.50. The molecule has 1 fully saturated rings. The van der Waals surface area contributed by atoms with E-state index >= 15 is 0 Å². The van der Waals surface area contributed by atoms with Crippen molar-refractivity contribution >= 4 is 41.0 Å². The molecule has 2 N–H and O–H groups in total. The predicted molar refractivity (Wildman–Crippen MR) is 85.0 cm³/mol. The standard InChI is InChI=1S/C11H17N5O2S2/c1-7-9(16(17)18)10(15-11(12-2)14-7)13-5-8-6-19-3-4-20-8/h8H,3-6H2,1-2H3,(H2,12,13,14,15). The summed E-state index contributed by atoms with van der Waals surface area (Å²) < 4.78 is 0. The Labute approximate surface area is 125 Å². The number of nitrogens with zero attached hydrogens (tertiary/aromatic N) is 3. The van der Waals surface area contributed by atoms with Crippen molar-refractivity contribution in [2.45, 2.75) is 12.2 Å². The molecule has 1 aromatic rings. The minimum atomic E-state index is -0.431. The Kier molecular flexibility index (Phi) is 5.30. The number of anilines is 2. The first-order valence-corrected chi connectivity index (χ1v) is 8.46. The van der Waals surface area contributed by atoms with Crippen molar-refractivity contribution < 1.29 is 4.92 Å². The molecule has 0 saturated carbocycles. The van der Waals surface area contributed by atoms with Crippen molar-refractivity contribution in [3.05, 3.63) is 15.8 Å². The number of nitro groups is 1. The normalized spacial score (nSPS) is 18.6. The smallest absolute Gasteiger partial charge is 0.332 e. The Balaban J connectivity index is 2.15. The third kappa shape index (κ3) is 3.66. The first-order valence-electron chi connectivity index (χ1n) is 6.25. The van der Waals surface area contributed by atoms with E-state index in [0.29, 0.717) is 29.3 Å². The van der Waals surface area contributed by atoms with Crippen LogP contribution in [0.4, 0.5) is 17.5 Å². The van der Waals surface area contributed by atoms with Crippen molar-refractivity contribution in [3.8, 4) is 0 Å². The average Bonchev–Trinajstić information content (AvgIpc) is 2.45. The minimum Gasteiger partial charge on any atom is -0.363 e.